The van der Waals surface area contributed by atoms with E-state index >= 15 is 0 Å². The molecular formula is C26H29NO2. The van der Waals surface area contributed by atoms with Gasteiger partial charge in [-0.25, -0.2) is 0 Å². The van der Waals surface area contributed by atoms with E-state index in [0.29, 0.717) is 6.61 Å². The van der Waals surface area contributed by atoms with Gasteiger partial charge in [0.2, 0.25) is 0 Å². The summed E-state index contributed by atoms with van der Waals surface area (Å²) < 4.78 is 8.36. The second-order valence-corrected chi connectivity index (χ2v) is 7.56. The summed E-state index contributed by atoms with van der Waals surface area (Å²) in [5.41, 5.74) is 3.56. The zero-order valence-corrected chi connectivity index (χ0v) is 16.9. The molecule has 3 nitrogen and oxygen atoms in total. The molecule has 0 saturated heterocycles. The third kappa shape index (κ3) is 4.46. The highest BCUT2D eigenvalue weighted by Gasteiger charge is 2.11. The van der Waals surface area contributed by atoms with Gasteiger partial charge in [-0.1, -0.05) is 68.1 Å². The lowest BCUT2D eigenvalue weighted by molar-refractivity contribution is 0.280. The number of aliphatic hydroxyl groups is 1. The molecule has 3 heteroatoms. The molecule has 0 aliphatic carbocycles. The first-order valence-corrected chi connectivity index (χ1v) is 10.7. The molecule has 1 N–H and O–H groups in total. The summed E-state index contributed by atoms with van der Waals surface area (Å²) in [6.45, 7) is 1.06. The number of unbranched alkanes of at least 4 members (excludes halogenated alkanes) is 5. The van der Waals surface area contributed by atoms with Crippen LogP contribution in [0.4, 0.5) is 0 Å². The Balaban J connectivity index is 1.48. The van der Waals surface area contributed by atoms with Crippen LogP contribution in [0.3, 0.4) is 0 Å². The van der Waals surface area contributed by atoms with Gasteiger partial charge in [0.1, 0.15) is 5.75 Å². The highest BCUT2D eigenvalue weighted by atomic mass is 16.5. The molecule has 3 aromatic carbocycles. The number of fused-ring (bicyclic) bond motifs is 3. The maximum Gasteiger partial charge on any atom is 0.121 e. The maximum absolute atomic E-state index is 8.82. The van der Waals surface area contributed by atoms with Crippen molar-refractivity contribution in [2.75, 3.05) is 13.2 Å². The molecule has 0 saturated carbocycles. The van der Waals surface area contributed by atoms with Crippen molar-refractivity contribution >= 4 is 21.8 Å². The summed E-state index contributed by atoms with van der Waals surface area (Å²) in [5, 5.41) is 11.4. The molecule has 4 rings (SSSR count). The molecule has 0 unspecified atom stereocenters. The maximum atomic E-state index is 8.82. The smallest absolute Gasteiger partial charge is 0.121 e. The summed E-state index contributed by atoms with van der Waals surface area (Å²) in [4.78, 5) is 0. The Bertz CT molecular complexity index is 1010. The lowest BCUT2D eigenvalue weighted by Crippen LogP contribution is -1.99. The van der Waals surface area contributed by atoms with E-state index in [1.807, 2.05) is 6.07 Å². The molecule has 0 aliphatic heterocycles. The Morgan fingerprint density at radius 2 is 1.28 bits per heavy atom. The SMILES string of the molecule is OCCCCCCCCOc1cccc(-n2c3ccccc3c3ccccc32)c1. The van der Waals surface area contributed by atoms with Crippen LogP contribution >= 0.6 is 0 Å². The Kier molecular flexibility index (Phi) is 6.48. The van der Waals surface area contributed by atoms with Gasteiger partial charge in [-0.05, 0) is 37.1 Å². The van der Waals surface area contributed by atoms with E-state index in [1.165, 1.54) is 41.1 Å². The third-order valence-electron chi connectivity index (χ3n) is 5.48. The summed E-state index contributed by atoms with van der Waals surface area (Å²) in [7, 11) is 0. The first-order chi connectivity index (χ1) is 14.4. The number of para-hydroxylation sites is 2. The van der Waals surface area contributed by atoms with E-state index in [2.05, 4.69) is 71.3 Å². The fourth-order valence-electron chi connectivity index (χ4n) is 4.02. The van der Waals surface area contributed by atoms with Gasteiger partial charge in [-0.3, -0.25) is 0 Å². The predicted molar refractivity (Wildman–Crippen MR) is 121 cm³/mol. The molecule has 0 atom stereocenters. The standard InChI is InChI=1S/C26H29NO2/c28-18-9-3-1-2-4-10-19-29-22-13-11-12-21(20-22)27-25-16-7-5-14-23(25)24-15-6-8-17-26(24)27/h5-8,11-17,20,28H,1-4,9-10,18-19H2. The number of aliphatic hydroxyl groups excluding tert-OH is 1. The quantitative estimate of drug-likeness (QED) is 0.315. The van der Waals surface area contributed by atoms with Crippen LogP contribution < -0.4 is 4.74 Å². The van der Waals surface area contributed by atoms with Crippen molar-refractivity contribution in [2.24, 2.45) is 0 Å². The Morgan fingerprint density at radius 1 is 0.655 bits per heavy atom. The number of aromatic nitrogens is 1. The largest absolute Gasteiger partial charge is 0.494 e. The van der Waals surface area contributed by atoms with E-state index in [4.69, 9.17) is 9.84 Å². The lowest BCUT2D eigenvalue weighted by atomic mass is 10.1. The summed E-state index contributed by atoms with van der Waals surface area (Å²) in [5.74, 6) is 0.921. The van der Waals surface area contributed by atoms with E-state index in [0.717, 1.165) is 37.3 Å². The Morgan fingerprint density at radius 3 is 1.97 bits per heavy atom. The zero-order valence-electron chi connectivity index (χ0n) is 16.9. The van der Waals surface area contributed by atoms with E-state index in [9.17, 15) is 0 Å². The number of benzene rings is 3. The minimum absolute atomic E-state index is 0.311. The molecule has 0 bridgehead atoms. The van der Waals surface area contributed by atoms with Crippen LogP contribution in [-0.2, 0) is 0 Å². The van der Waals surface area contributed by atoms with E-state index in [-0.39, 0.29) is 0 Å². The highest BCUT2D eigenvalue weighted by Crippen LogP contribution is 2.32. The van der Waals surface area contributed by atoms with Gasteiger partial charge in [-0.2, -0.15) is 0 Å². The molecule has 29 heavy (non-hydrogen) atoms. The highest BCUT2D eigenvalue weighted by molar-refractivity contribution is 6.09. The molecule has 150 valence electrons. The minimum Gasteiger partial charge on any atom is -0.494 e. The molecule has 0 radical (unpaired) electrons. The van der Waals surface area contributed by atoms with E-state index in [1.54, 1.807) is 0 Å². The number of rotatable bonds is 10. The van der Waals surface area contributed by atoms with Crippen LogP contribution in [0.5, 0.6) is 5.75 Å². The number of ether oxygens (including phenoxy) is 1. The third-order valence-corrected chi connectivity index (χ3v) is 5.48. The Hall–Kier alpha value is -2.78. The number of nitrogens with zero attached hydrogens (tertiary/aromatic N) is 1. The first-order valence-electron chi connectivity index (χ1n) is 10.7. The van der Waals surface area contributed by atoms with Gasteiger partial charge in [0.25, 0.3) is 0 Å². The summed E-state index contributed by atoms with van der Waals surface area (Å²) in [6, 6.07) is 25.5. The minimum atomic E-state index is 0.311. The van der Waals surface area contributed by atoms with Crippen molar-refractivity contribution in [3.05, 3.63) is 72.8 Å². The van der Waals surface area contributed by atoms with Crippen LogP contribution in [0, 0.1) is 0 Å². The predicted octanol–water partition coefficient (Wildman–Crippen LogP) is 6.50. The van der Waals surface area contributed by atoms with E-state index < -0.39 is 0 Å². The summed E-state index contributed by atoms with van der Waals surface area (Å²) in [6.07, 6.45) is 6.70. The molecule has 1 heterocycles. The fraction of sp³-hybridized carbons (Fsp3) is 0.308. The number of hydrogen-bond donors (Lipinski definition) is 1. The van der Waals surface area contributed by atoms with Crippen molar-refractivity contribution < 1.29 is 9.84 Å². The molecule has 0 spiro atoms. The van der Waals surface area contributed by atoms with Crippen molar-refractivity contribution in [3.63, 3.8) is 0 Å². The van der Waals surface area contributed by atoms with Gasteiger partial charge < -0.3 is 14.4 Å². The van der Waals surface area contributed by atoms with Gasteiger partial charge in [-0.15, -0.1) is 0 Å². The van der Waals surface area contributed by atoms with Crippen molar-refractivity contribution in [1.29, 1.82) is 0 Å². The van der Waals surface area contributed by atoms with Crippen molar-refractivity contribution in [2.45, 2.75) is 38.5 Å². The van der Waals surface area contributed by atoms with Crippen LogP contribution in [-0.4, -0.2) is 22.9 Å². The van der Waals surface area contributed by atoms with Crippen LogP contribution in [0.2, 0.25) is 0 Å². The van der Waals surface area contributed by atoms with Gasteiger partial charge >= 0.3 is 0 Å². The lowest BCUT2D eigenvalue weighted by Gasteiger charge is -2.11. The fourth-order valence-corrected chi connectivity index (χ4v) is 4.02. The second kappa shape index (κ2) is 9.62. The van der Waals surface area contributed by atoms with Gasteiger partial charge in [0, 0.05) is 29.1 Å². The van der Waals surface area contributed by atoms with Crippen molar-refractivity contribution in [3.8, 4) is 11.4 Å². The zero-order chi connectivity index (χ0) is 19.9. The van der Waals surface area contributed by atoms with Crippen molar-refractivity contribution in [1.82, 2.24) is 4.57 Å². The Labute approximate surface area is 172 Å². The molecule has 0 amide bonds. The number of hydrogen-bond acceptors (Lipinski definition) is 2. The van der Waals surface area contributed by atoms with Crippen LogP contribution in [0.15, 0.2) is 72.8 Å². The molecule has 0 fully saturated rings. The van der Waals surface area contributed by atoms with Gasteiger partial charge in [0.15, 0.2) is 0 Å². The first kappa shape index (κ1) is 19.5. The average Bonchev–Trinajstić information content (AvgIpc) is 3.10. The molecule has 1 aromatic heterocycles. The van der Waals surface area contributed by atoms with Crippen LogP contribution in [0.25, 0.3) is 27.5 Å². The average molecular weight is 388 g/mol. The van der Waals surface area contributed by atoms with Gasteiger partial charge in [0.05, 0.1) is 17.6 Å². The molecule has 0 aliphatic rings. The topological polar surface area (TPSA) is 34.4 Å². The normalized spacial score (nSPS) is 11.3. The molecule has 4 aromatic rings. The summed E-state index contributed by atoms with van der Waals surface area (Å²) >= 11 is 0. The molecular weight excluding hydrogens is 358 g/mol. The monoisotopic (exact) mass is 387 g/mol. The van der Waals surface area contributed by atoms with Crippen LogP contribution in [0.1, 0.15) is 38.5 Å². The second-order valence-electron chi connectivity index (χ2n) is 7.56.